The van der Waals surface area contributed by atoms with Gasteiger partial charge in [-0.2, -0.15) is 0 Å². The Hall–Kier alpha value is -1.24. The number of aromatic nitrogens is 1. The molecule has 1 aromatic heterocycles. The maximum Gasteiger partial charge on any atom is 0.253 e. The lowest BCUT2D eigenvalue weighted by Crippen LogP contribution is -2.32. The first-order valence-corrected chi connectivity index (χ1v) is 5.35. The topological polar surface area (TPSA) is 42.0 Å². The van der Waals surface area contributed by atoms with E-state index in [0.717, 1.165) is 0 Å². The molecule has 0 fully saturated rings. The Labute approximate surface area is 104 Å². The second-order valence-electron chi connectivity index (χ2n) is 3.28. The largest absolute Gasteiger partial charge is 0.349 e. The van der Waals surface area contributed by atoms with Gasteiger partial charge in [-0.1, -0.05) is 23.2 Å². The summed E-state index contributed by atoms with van der Waals surface area (Å²) in [5.74, 6) is 2.20. The Morgan fingerprint density at radius 3 is 2.94 bits per heavy atom. The number of carbonyl (C=O) groups is 1. The second kappa shape index (κ2) is 5.74. The molecular weight excluding hydrogens is 247 g/mol. The molecule has 0 aliphatic carbocycles. The lowest BCUT2D eigenvalue weighted by atomic mass is 10.2. The molecule has 1 N–H and O–H groups in total. The summed E-state index contributed by atoms with van der Waals surface area (Å²) < 4.78 is 0. The summed E-state index contributed by atoms with van der Waals surface area (Å²) in [6, 6.07) is 1.38. The van der Waals surface area contributed by atoms with Crippen LogP contribution in [0, 0.1) is 12.3 Å². The van der Waals surface area contributed by atoms with Crippen molar-refractivity contribution >= 4 is 29.1 Å². The average molecular weight is 257 g/mol. The van der Waals surface area contributed by atoms with Crippen LogP contribution in [0.5, 0.6) is 0 Å². The first-order chi connectivity index (χ1) is 7.54. The summed E-state index contributed by atoms with van der Waals surface area (Å²) in [5, 5.41) is 3.15. The van der Waals surface area contributed by atoms with E-state index >= 15 is 0 Å². The van der Waals surface area contributed by atoms with E-state index in [-0.39, 0.29) is 22.1 Å². The van der Waals surface area contributed by atoms with Crippen LogP contribution in [-0.2, 0) is 0 Å². The van der Waals surface area contributed by atoms with E-state index < -0.39 is 0 Å². The van der Waals surface area contributed by atoms with E-state index in [0.29, 0.717) is 12.0 Å². The summed E-state index contributed by atoms with van der Waals surface area (Å²) in [6.07, 6.45) is 6.98. The lowest BCUT2D eigenvalue weighted by Gasteiger charge is -2.10. The third-order valence-corrected chi connectivity index (χ3v) is 2.55. The summed E-state index contributed by atoms with van der Waals surface area (Å²) in [7, 11) is 0. The maximum absolute atomic E-state index is 11.7. The molecule has 16 heavy (non-hydrogen) atoms. The summed E-state index contributed by atoms with van der Waals surface area (Å²) in [5.41, 5.74) is 0.360. The van der Waals surface area contributed by atoms with Crippen LogP contribution in [0.4, 0.5) is 0 Å². The standard InChI is InChI=1S/C11H10Cl2N2O/c1-3-4-7(2)15-11(16)8-5-9(12)10(13)14-6-8/h1,5-7H,4H2,2H3,(H,15,16). The molecule has 1 atom stereocenters. The van der Waals surface area contributed by atoms with Gasteiger partial charge in [0.05, 0.1) is 10.6 Å². The van der Waals surface area contributed by atoms with Gasteiger partial charge in [-0.25, -0.2) is 4.98 Å². The molecule has 0 aliphatic heterocycles. The Morgan fingerprint density at radius 1 is 1.69 bits per heavy atom. The first-order valence-electron chi connectivity index (χ1n) is 4.60. The molecule has 0 aromatic carbocycles. The molecule has 3 nitrogen and oxygen atoms in total. The third-order valence-electron chi connectivity index (χ3n) is 1.86. The zero-order chi connectivity index (χ0) is 12.1. The van der Waals surface area contributed by atoms with Crippen molar-refractivity contribution in [3.05, 3.63) is 28.0 Å². The predicted octanol–water partition coefficient (Wildman–Crippen LogP) is 2.53. The van der Waals surface area contributed by atoms with E-state index in [9.17, 15) is 4.79 Å². The number of nitrogens with one attached hydrogen (secondary N) is 1. The van der Waals surface area contributed by atoms with Crippen LogP contribution in [0.25, 0.3) is 0 Å². The summed E-state index contributed by atoms with van der Waals surface area (Å²) in [6.45, 7) is 1.82. The highest BCUT2D eigenvalue weighted by Gasteiger charge is 2.11. The fourth-order valence-electron chi connectivity index (χ4n) is 1.08. The zero-order valence-electron chi connectivity index (χ0n) is 8.63. The molecule has 84 valence electrons. The molecule has 0 spiro atoms. The second-order valence-corrected chi connectivity index (χ2v) is 4.04. The van der Waals surface area contributed by atoms with Crippen molar-refractivity contribution in [2.24, 2.45) is 0 Å². The van der Waals surface area contributed by atoms with Gasteiger partial charge in [0.15, 0.2) is 0 Å². The Morgan fingerprint density at radius 2 is 2.38 bits per heavy atom. The Bertz CT molecular complexity index is 440. The van der Waals surface area contributed by atoms with Crippen molar-refractivity contribution in [2.75, 3.05) is 0 Å². The van der Waals surface area contributed by atoms with Gasteiger partial charge >= 0.3 is 0 Å². The average Bonchev–Trinajstić information content (AvgIpc) is 2.22. The van der Waals surface area contributed by atoms with Gasteiger partial charge in [-0.05, 0) is 13.0 Å². The number of rotatable bonds is 3. The minimum atomic E-state index is -0.270. The molecule has 1 unspecified atom stereocenters. The predicted molar refractivity (Wildman–Crippen MR) is 64.6 cm³/mol. The van der Waals surface area contributed by atoms with E-state index in [1.165, 1.54) is 12.3 Å². The minimum Gasteiger partial charge on any atom is -0.349 e. The SMILES string of the molecule is C#CCC(C)NC(=O)c1cnc(Cl)c(Cl)c1. The number of terminal acetylenes is 1. The zero-order valence-corrected chi connectivity index (χ0v) is 10.1. The number of nitrogens with zero attached hydrogens (tertiary/aromatic N) is 1. The van der Waals surface area contributed by atoms with Gasteiger partial charge < -0.3 is 5.32 Å². The van der Waals surface area contributed by atoms with E-state index in [1.807, 2.05) is 6.92 Å². The van der Waals surface area contributed by atoms with Crippen LogP contribution in [-0.4, -0.2) is 16.9 Å². The monoisotopic (exact) mass is 256 g/mol. The normalized spacial score (nSPS) is 11.6. The van der Waals surface area contributed by atoms with Crippen LogP contribution in [0.3, 0.4) is 0 Å². The molecular formula is C11H10Cl2N2O. The van der Waals surface area contributed by atoms with E-state index in [2.05, 4.69) is 16.2 Å². The number of carbonyl (C=O) groups excluding carboxylic acids is 1. The Balaban J connectivity index is 2.74. The van der Waals surface area contributed by atoms with Crippen molar-refractivity contribution < 1.29 is 4.79 Å². The smallest absolute Gasteiger partial charge is 0.253 e. The van der Waals surface area contributed by atoms with E-state index in [1.54, 1.807) is 0 Å². The van der Waals surface area contributed by atoms with Crippen molar-refractivity contribution in [3.8, 4) is 12.3 Å². The van der Waals surface area contributed by atoms with Crippen molar-refractivity contribution in [3.63, 3.8) is 0 Å². The highest BCUT2D eigenvalue weighted by atomic mass is 35.5. The fourth-order valence-corrected chi connectivity index (χ4v) is 1.35. The van der Waals surface area contributed by atoms with Gasteiger partial charge in [-0.3, -0.25) is 4.79 Å². The van der Waals surface area contributed by atoms with Crippen LogP contribution >= 0.6 is 23.2 Å². The third kappa shape index (κ3) is 3.41. The highest BCUT2D eigenvalue weighted by Crippen LogP contribution is 2.19. The maximum atomic E-state index is 11.7. The van der Waals surface area contributed by atoms with Gasteiger partial charge in [-0.15, -0.1) is 12.3 Å². The Kier molecular flexibility index (Phi) is 4.60. The number of amides is 1. The molecule has 1 heterocycles. The van der Waals surface area contributed by atoms with Crippen LogP contribution in [0.15, 0.2) is 12.3 Å². The fraction of sp³-hybridized carbons (Fsp3) is 0.273. The van der Waals surface area contributed by atoms with Crippen molar-refractivity contribution in [1.82, 2.24) is 10.3 Å². The lowest BCUT2D eigenvalue weighted by molar-refractivity contribution is 0.0940. The molecule has 0 aliphatic rings. The molecule has 0 radical (unpaired) electrons. The number of pyridine rings is 1. The van der Waals surface area contributed by atoms with E-state index in [4.69, 9.17) is 29.6 Å². The molecule has 0 saturated carbocycles. The van der Waals surface area contributed by atoms with Gasteiger partial charge in [0.2, 0.25) is 0 Å². The molecule has 1 aromatic rings. The first kappa shape index (κ1) is 12.8. The summed E-state index contributed by atoms with van der Waals surface area (Å²) in [4.78, 5) is 15.5. The summed E-state index contributed by atoms with van der Waals surface area (Å²) >= 11 is 11.4. The molecule has 0 saturated heterocycles. The van der Waals surface area contributed by atoms with Crippen molar-refractivity contribution in [1.29, 1.82) is 0 Å². The molecule has 0 bridgehead atoms. The number of halogens is 2. The van der Waals surface area contributed by atoms with Gasteiger partial charge in [0, 0.05) is 18.7 Å². The molecule has 5 heteroatoms. The van der Waals surface area contributed by atoms with Crippen LogP contribution in [0.1, 0.15) is 23.7 Å². The number of hydrogen-bond donors (Lipinski definition) is 1. The van der Waals surface area contributed by atoms with Crippen LogP contribution < -0.4 is 5.32 Å². The van der Waals surface area contributed by atoms with Gasteiger partial charge in [0.25, 0.3) is 5.91 Å². The molecule has 1 rings (SSSR count). The van der Waals surface area contributed by atoms with Gasteiger partial charge in [0.1, 0.15) is 5.15 Å². The van der Waals surface area contributed by atoms with Crippen molar-refractivity contribution in [2.45, 2.75) is 19.4 Å². The highest BCUT2D eigenvalue weighted by molar-refractivity contribution is 6.41. The molecule has 1 amide bonds. The van der Waals surface area contributed by atoms with Crippen LogP contribution in [0.2, 0.25) is 10.2 Å². The minimum absolute atomic E-state index is 0.0908. The number of hydrogen-bond acceptors (Lipinski definition) is 2. The quantitative estimate of drug-likeness (QED) is 0.667.